The van der Waals surface area contributed by atoms with Crippen molar-refractivity contribution in [2.75, 3.05) is 51.3 Å². The number of carbonyl (C=O) groups is 1. The molecule has 2 N–H and O–H groups in total. The van der Waals surface area contributed by atoms with Crippen LogP contribution in [0.25, 0.3) is 0 Å². The summed E-state index contributed by atoms with van der Waals surface area (Å²) >= 11 is 0. The van der Waals surface area contributed by atoms with E-state index in [0.29, 0.717) is 29.4 Å². The number of piperazine rings is 2. The Labute approximate surface area is 225 Å². The molecule has 1 aromatic rings. The highest BCUT2D eigenvalue weighted by Gasteiger charge is 2.38. The number of anilines is 1. The highest BCUT2D eigenvalue weighted by atomic mass is 19.1. The van der Waals surface area contributed by atoms with Crippen molar-refractivity contribution in [1.82, 2.24) is 15.5 Å². The minimum Gasteiger partial charge on any atom is -0.465 e. The summed E-state index contributed by atoms with van der Waals surface area (Å²) in [7, 11) is 1.31. The number of benzene rings is 1. The molecule has 6 nitrogen and oxygen atoms in total. The van der Waals surface area contributed by atoms with Crippen LogP contribution in [0, 0.1) is 17.2 Å². The van der Waals surface area contributed by atoms with Gasteiger partial charge in [-0.05, 0) is 42.2 Å². The zero-order chi connectivity index (χ0) is 28.1. The Morgan fingerprint density at radius 3 is 2.14 bits per heavy atom. The van der Waals surface area contributed by atoms with E-state index in [1.54, 1.807) is 0 Å². The molecule has 0 aliphatic carbocycles. The van der Waals surface area contributed by atoms with Gasteiger partial charge in [-0.3, -0.25) is 4.90 Å². The fraction of sp³-hybridized carbons (Fsp3) is 0.767. The van der Waals surface area contributed by atoms with E-state index in [1.165, 1.54) is 7.11 Å². The Hall–Kier alpha value is -1.70. The average molecular weight is 521 g/mol. The first-order valence-corrected chi connectivity index (χ1v) is 14.0. The maximum atomic E-state index is 15.4. The third kappa shape index (κ3) is 8.14. The third-order valence-electron chi connectivity index (χ3n) is 7.62. The van der Waals surface area contributed by atoms with E-state index < -0.39 is 17.2 Å². The third-order valence-corrected chi connectivity index (χ3v) is 7.62. The predicted molar refractivity (Wildman–Crippen MR) is 153 cm³/mol. The standard InChI is InChI=1S/C23H37FN2O2.C7H16N2/c1-15(2)26-13-12-25(14-18(26)23(6,7)8)17-11-10-16(22(3,4)5)20(24)19(17)21(27)28-9;1-6(2)7-5-8-3-4-9-7/h10-11,15,18H,12-14H2,1-9H3;6-9H,3-5H2,1-2H3. The van der Waals surface area contributed by atoms with Crippen molar-refractivity contribution >= 4 is 11.7 Å². The first-order chi connectivity index (χ1) is 17.1. The number of methoxy groups -OCH3 is 1. The second-order valence-electron chi connectivity index (χ2n) is 13.2. The Balaban J connectivity index is 0.000000449. The maximum absolute atomic E-state index is 15.4. The van der Waals surface area contributed by atoms with Gasteiger partial charge >= 0.3 is 5.97 Å². The van der Waals surface area contributed by atoms with Gasteiger partial charge in [-0.15, -0.1) is 0 Å². The number of halogens is 1. The molecule has 2 heterocycles. The Bertz CT molecular complexity index is 883. The molecule has 2 unspecified atom stereocenters. The molecule has 0 saturated carbocycles. The molecule has 0 amide bonds. The molecule has 0 spiro atoms. The molecule has 1 aromatic carbocycles. The zero-order valence-electron chi connectivity index (χ0n) is 25.3. The summed E-state index contributed by atoms with van der Waals surface area (Å²) in [6, 6.07) is 5.14. The Morgan fingerprint density at radius 2 is 1.70 bits per heavy atom. The summed E-state index contributed by atoms with van der Waals surface area (Å²) in [5, 5.41) is 6.81. The molecule has 2 atom stereocenters. The van der Waals surface area contributed by atoms with Gasteiger partial charge in [0, 0.05) is 57.4 Å². The van der Waals surface area contributed by atoms with Crippen LogP contribution in [0.1, 0.15) is 85.2 Å². The predicted octanol–water partition coefficient (Wildman–Crippen LogP) is 5.06. The second kappa shape index (κ2) is 12.9. The molecule has 0 radical (unpaired) electrons. The normalized spacial score (nSPS) is 21.6. The molecule has 2 aliphatic heterocycles. The van der Waals surface area contributed by atoms with Gasteiger partial charge < -0.3 is 20.3 Å². The molecule has 0 aromatic heterocycles. The van der Waals surface area contributed by atoms with Crippen LogP contribution in [0.3, 0.4) is 0 Å². The van der Waals surface area contributed by atoms with Gasteiger partial charge in [0.05, 0.1) is 12.8 Å². The van der Waals surface area contributed by atoms with Crippen LogP contribution in [-0.4, -0.2) is 75.4 Å². The average Bonchev–Trinajstić information content (AvgIpc) is 2.82. The highest BCUT2D eigenvalue weighted by molar-refractivity contribution is 5.96. The molecular weight excluding hydrogens is 467 g/mol. The lowest BCUT2D eigenvalue weighted by molar-refractivity contribution is 0.0575. The molecule has 212 valence electrons. The number of carbonyl (C=O) groups excluding carboxylic acids is 1. The van der Waals surface area contributed by atoms with E-state index in [0.717, 1.165) is 45.2 Å². The minimum atomic E-state index is -0.614. The first-order valence-electron chi connectivity index (χ1n) is 14.0. The van der Waals surface area contributed by atoms with Gasteiger partial charge in [0.25, 0.3) is 0 Å². The van der Waals surface area contributed by atoms with E-state index in [9.17, 15) is 4.79 Å². The van der Waals surface area contributed by atoms with Gasteiger partial charge in [0.1, 0.15) is 11.4 Å². The van der Waals surface area contributed by atoms with Gasteiger partial charge in [-0.25, -0.2) is 9.18 Å². The summed E-state index contributed by atoms with van der Waals surface area (Å²) < 4.78 is 20.4. The van der Waals surface area contributed by atoms with Crippen molar-refractivity contribution in [1.29, 1.82) is 0 Å². The smallest absolute Gasteiger partial charge is 0.342 e. The van der Waals surface area contributed by atoms with Crippen molar-refractivity contribution in [3.63, 3.8) is 0 Å². The monoisotopic (exact) mass is 520 g/mol. The van der Waals surface area contributed by atoms with Crippen molar-refractivity contribution in [3.8, 4) is 0 Å². The Kier molecular flexibility index (Phi) is 11.0. The van der Waals surface area contributed by atoms with Gasteiger partial charge in [-0.2, -0.15) is 0 Å². The van der Waals surface area contributed by atoms with E-state index in [-0.39, 0.29) is 11.0 Å². The first kappa shape index (κ1) is 31.5. The van der Waals surface area contributed by atoms with Gasteiger partial charge in [0.2, 0.25) is 0 Å². The highest BCUT2D eigenvalue weighted by Crippen LogP contribution is 2.36. The molecule has 37 heavy (non-hydrogen) atoms. The van der Waals surface area contributed by atoms with Gasteiger partial charge in [-0.1, -0.05) is 61.5 Å². The van der Waals surface area contributed by atoms with Gasteiger partial charge in [0.15, 0.2) is 0 Å². The summed E-state index contributed by atoms with van der Waals surface area (Å²) in [6.07, 6.45) is 0. The minimum absolute atomic E-state index is 0.0561. The van der Waals surface area contributed by atoms with Crippen LogP contribution in [0.15, 0.2) is 12.1 Å². The van der Waals surface area contributed by atoms with E-state index in [2.05, 4.69) is 68.9 Å². The van der Waals surface area contributed by atoms with Crippen LogP contribution < -0.4 is 15.5 Å². The van der Waals surface area contributed by atoms with Crippen molar-refractivity contribution in [3.05, 3.63) is 29.1 Å². The number of nitrogens with one attached hydrogen (secondary N) is 2. The topological polar surface area (TPSA) is 56.8 Å². The van der Waals surface area contributed by atoms with Crippen LogP contribution in [0.2, 0.25) is 0 Å². The summed E-state index contributed by atoms with van der Waals surface area (Å²) in [5.74, 6) is -0.314. The molecule has 0 bridgehead atoms. The van der Waals surface area contributed by atoms with Crippen LogP contribution in [0.5, 0.6) is 0 Å². The van der Waals surface area contributed by atoms with E-state index >= 15 is 4.39 Å². The molecular formula is C30H53FN4O2. The largest absolute Gasteiger partial charge is 0.465 e. The van der Waals surface area contributed by atoms with Crippen molar-refractivity contribution in [2.45, 2.75) is 92.8 Å². The lowest BCUT2D eigenvalue weighted by atomic mass is 9.82. The number of nitrogens with zero attached hydrogens (tertiary/aromatic N) is 2. The molecule has 2 saturated heterocycles. The van der Waals surface area contributed by atoms with Crippen molar-refractivity contribution in [2.24, 2.45) is 11.3 Å². The summed E-state index contributed by atoms with van der Waals surface area (Å²) in [5.41, 5.74) is 0.897. The lowest BCUT2D eigenvalue weighted by Crippen LogP contribution is -2.60. The Morgan fingerprint density at radius 1 is 1.05 bits per heavy atom. The number of rotatable bonds is 4. The lowest BCUT2D eigenvalue weighted by Gasteiger charge is -2.50. The number of ether oxygens (including phenoxy) is 1. The molecule has 7 heteroatoms. The molecule has 2 fully saturated rings. The zero-order valence-corrected chi connectivity index (χ0v) is 25.3. The summed E-state index contributed by atoms with van der Waals surface area (Å²) in [6.45, 7) is 27.3. The SMILES string of the molecule is CC(C)C1CNCCN1.COC(=O)c1c(N2CCN(C(C)C)C(C(C)(C)C)C2)ccc(C(C)(C)C)c1F. The fourth-order valence-electron chi connectivity index (χ4n) is 5.26. The quantitative estimate of drug-likeness (QED) is 0.542. The van der Waals surface area contributed by atoms with Crippen LogP contribution >= 0.6 is 0 Å². The molecule has 3 rings (SSSR count). The van der Waals surface area contributed by atoms with Crippen LogP contribution in [-0.2, 0) is 10.2 Å². The number of hydrogen-bond acceptors (Lipinski definition) is 6. The van der Waals surface area contributed by atoms with Crippen LogP contribution in [0.4, 0.5) is 10.1 Å². The number of esters is 1. The van der Waals surface area contributed by atoms with E-state index in [4.69, 9.17) is 4.74 Å². The fourth-order valence-corrected chi connectivity index (χ4v) is 5.26. The maximum Gasteiger partial charge on any atom is 0.342 e. The van der Waals surface area contributed by atoms with Crippen molar-refractivity contribution < 1.29 is 13.9 Å². The summed E-state index contributed by atoms with van der Waals surface area (Å²) in [4.78, 5) is 17.2. The van der Waals surface area contributed by atoms with E-state index in [1.807, 2.05) is 32.9 Å². The second-order valence-corrected chi connectivity index (χ2v) is 13.2. The number of hydrogen-bond donors (Lipinski definition) is 2. The molecule has 2 aliphatic rings.